The molecule has 4 rings (SSSR count). The number of nitrogens with zero attached hydrogens (tertiary/aromatic N) is 2. The molecule has 0 radical (unpaired) electrons. The van der Waals surface area contributed by atoms with E-state index in [1.54, 1.807) is 0 Å². The summed E-state index contributed by atoms with van der Waals surface area (Å²) in [5.74, 6) is -1.24. The first kappa shape index (κ1) is 29.0. The molecule has 14 heteroatoms. The number of amides is 1. The maximum atomic E-state index is 13.4. The third-order valence-electron chi connectivity index (χ3n) is 6.54. The summed E-state index contributed by atoms with van der Waals surface area (Å²) in [6.45, 7) is 1.36. The molecule has 1 amide bonds. The van der Waals surface area contributed by atoms with E-state index in [4.69, 9.17) is 4.74 Å². The van der Waals surface area contributed by atoms with Crippen molar-refractivity contribution in [2.45, 2.75) is 24.0 Å². The Hall–Kier alpha value is -2.58. The molecule has 2 aliphatic heterocycles. The van der Waals surface area contributed by atoms with E-state index >= 15 is 0 Å². The molecular formula is C23H27ClF3N3O6S. The third kappa shape index (κ3) is 6.12. The highest BCUT2D eigenvalue weighted by molar-refractivity contribution is 7.91. The second-order valence-electron chi connectivity index (χ2n) is 8.56. The predicted octanol–water partition coefficient (Wildman–Crippen LogP) is 3.18. The molecule has 2 aromatic carbocycles. The van der Waals surface area contributed by atoms with Crippen molar-refractivity contribution in [1.82, 2.24) is 9.79 Å². The monoisotopic (exact) mass is 565 g/mol. The molecule has 0 atom stereocenters. The number of nitrogens with one attached hydrogen (secondary N) is 1. The van der Waals surface area contributed by atoms with Crippen molar-refractivity contribution in [2.75, 3.05) is 44.3 Å². The highest BCUT2D eigenvalue weighted by atomic mass is 35.5. The van der Waals surface area contributed by atoms with Crippen molar-refractivity contribution in [3.8, 4) is 16.9 Å². The Morgan fingerprint density at radius 2 is 1.46 bits per heavy atom. The van der Waals surface area contributed by atoms with Gasteiger partial charge in [0.25, 0.3) is 5.91 Å². The minimum absolute atomic E-state index is 0. The summed E-state index contributed by atoms with van der Waals surface area (Å²) >= 11 is 0. The number of sulfonamides is 1. The maximum absolute atomic E-state index is 13.4. The number of alkyl halides is 3. The zero-order valence-corrected chi connectivity index (χ0v) is 21.2. The minimum atomic E-state index is -4.75. The highest BCUT2D eigenvalue weighted by Gasteiger charge is 2.54. The lowest BCUT2D eigenvalue weighted by molar-refractivity contribution is -0.274. The van der Waals surface area contributed by atoms with E-state index in [0.717, 1.165) is 16.8 Å². The van der Waals surface area contributed by atoms with Crippen LogP contribution >= 0.6 is 12.4 Å². The first-order valence-electron chi connectivity index (χ1n) is 11.3. The molecule has 0 aliphatic carbocycles. The van der Waals surface area contributed by atoms with Crippen LogP contribution < -0.4 is 15.1 Å². The van der Waals surface area contributed by atoms with Crippen LogP contribution in [0.5, 0.6) is 5.75 Å². The average molecular weight is 566 g/mol. The quantitative estimate of drug-likeness (QED) is 0.409. The second kappa shape index (κ2) is 11.4. The molecule has 0 aromatic heterocycles. The van der Waals surface area contributed by atoms with Crippen molar-refractivity contribution in [3.63, 3.8) is 0 Å². The van der Waals surface area contributed by atoms with Crippen LogP contribution in [0, 0.1) is 0 Å². The summed E-state index contributed by atoms with van der Waals surface area (Å²) in [6.07, 6.45) is -4.82. The Morgan fingerprint density at radius 1 is 0.946 bits per heavy atom. The van der Waals surface area contributed by atoms with Gasteiger partial charge in [0.2, 0.25) is 10.0 Å². The number of benzene rings is 2. The molecule has 2 aromatic rings. The lowest BCUT2D eigenvalue weighted by atomic mass is 9.98. The fourth-order valence-electron chi connectivity index (χ4n) is 4.55. The number of rotatable bonds is 6. The van der Waals surface area contributed by atoms with E-state index in [2.05, 4.69) is 4.74 Å². The molecule has 2 heterocycles. The molecule has 2 aliphatic rings. The Labute approximate surface area is 218 Å². The minimum Gasteiger partial charge on any atom is -0.406 e. The van der Waals surface area contributed by atoms with Gasteiger partial charge in [0.1, 0.15) is 5.75 Å². The van der Waals surface area contributed by atoms with E-state index in [-0.39, 0.29) is 57.3 Å². The van der Waals surface area contributed by atoms with E-state index < -0.39 is 27.0 Å². The average Bonchev–Trinajstić information content (AvgIpc) is 2.88. The van der Waals surface area contributed by atoms with Crippen LogP contribution in [-0.2, 0) is 19.6 Å². The number of hydrogen-bond acceptors (Lipinski definition) is 7. The molecule has 9 nitrogen and oxygen atoms in total. The van der Waals surface area contributed by atoms with Crippen molar-refractivity contribution in [3.05, 3.63) is 48.5 Å². The molecule has 2 fully saturated rings. The first-order chi connectivity index (χ1) is 17.1. The number of ether oxygens (including phenoxy) is 2. The van der Waals surface area contributed by atoms with E-state index in [0.29, 0.717) is 13.1 Å². The van der Waals surface area contributed by atoms with Crippen molar-refractivity contribution in [1.29, 1.82) is 0 Å². The Bertz CT molecular complexity index is 1170. The van der Waals surface area contributed by atoms with Gasteiger partial charge in [-0.15, -0.1) is 25.6 Å². The lowest BCUT2D eigenvalue weighted by Crippen LogP contribution is -2.62. The van der Waals surface area contributed by atoms with E-state index in [1.807, 2.05) is 29.2 Å². The predicted molar refractivity (Wildman–Crippen MR) is 131 cm³/mol. The molecule has 2 N–H and O–H groups in total. The lowest BCUT2D eigenvalue weighted by Gasteiger charge is -2.42. The fraction of sp³-hybridized carbons (Fsp3) is 0.435. The summed E-state index contributed by atoms with van der Waals surface area (Å²) in [6, 6.07) is 13.0. The smallest absolute Gasteiger partial charge is 0.406 e. The van der Waals surface area contributed by atoms with Crippen LogP contribution in [-0.4, -0.2) is 74.3 Å². The molecular weight excluding hydrogens is 539 g/mol. The van der Waals surface area contributed by atoms with E-state index in [1.165, 1.54) is 34.1 Å². The van der Waals surface area contributed by atoms with Crippen LogP contribution in [0.2, 0.25) is 0 Å². The van der Waals surface area contributed by atoms with Gasteiger partial charge in [-0.25, -0.2) is 13.9 Å². The maximum Gasteiger partial charge on any atom is 0.573 e. The number of halogens is 4. The van der Waals surface area contributed by atoms with Crippen LogP contribution in [0.25, 0.3) is 11.1 Å². The van der Waals surface area contributed by atoms with Gasteiger partial charge in [0.15, 0.2) is 4.75 Å². The largest absolute Gasteiger partial charge is 0.573 e. The Balaban J connectivity index is 0.00000380. The number of carbonyl (C=O) groups is 1. The van der Waals surface area contributed by atoms with Gasteiger partial charge in [-0.2, -0.15) is 4.31 Å². The molecule has 0 saturated carbocycles. The van der Waals surface area contributed by atoms with Gasteiger partial charge >= 0.3 is 6.36 Å². The van der Waals surface area contributed by atoms with Gasteiger partial charge in [-0.05, 0) is 35.4 Å². The Morgan fingerprint density at radius 3 is 1.95 bits per heavy atom. The van der Waals surface area contributed by atoms with Gasteiger partial charge in [-0.1, -0.05) is 24.3 Å². The number of carbonyl (C=O) groups excluding carboxylic acids is 1. The number of hydrogen-bond donors (Lipinski definition) is 2. The van der Waals surface area contributed by atoms with Crippen molar-refractivity contribution < 1.29 is 41.1 Å². The summed E-state index contributed by atoms with van der Waals surface area (Å²) in [5, 5.41) is 9.18. The van der Waals surface area contributed by atoms with Crippen LogP contribution in [0.1, 0.15) is 12.8 Å². The van der Waals surface area contributed by atoms with Gasteiger partial charge in [-0.3, -0.25) is 10.0 Å². The zero-order valence-electron chi connectivity index (χ0n) is 19.6. The van der Waals surface area contributed by atoms with Gasteiger partial charge in [0.05, 0.1) is 0 Å². The summed E-state index contributed by atoms with van der Waals surface area (Å²) < 4.78 is 72.5. The molecule has 204 valence electrons. The second-order valence-corrected chi connectivity index (χ2v) is 10.8. The van der Waals surface area contributed by atoms with Crippen LogP contribution in [0.4, 0.5) is 18.9 Å². The Kier molecular flexibility index (Phi) is 8.96. The van der Waals surface area contributed by atoms with Crippen molar-refractivity contribution >= 4 is 34.0 Å². The summed E-state index contributed by atoms with van der Waals surface area (Å²) in [5.41, 5.74) is 3.90. The van der Waals surface area contributed by atoms with Gasteiger partial charge in [0, 0.05) is 57.9 Å². The highest BCUT2D eigenvalue weighted by Crippen LogP contribution is 2.34. The standard InChI is InChI=1S/C23H26F3N3O6S.ClH/c24-23(25,26)35-20-7-3-18(4-8-20)17-1-5-19(6-2-17)28-11-13-29(14-12-28)36(32,33)22(21(30)27-31)9-15-34-16-10-22;/h1-8,31H,9-16H2,(H,27,30);1H. The topological polar surface area (TPSA) is 108 Å². The van der Waals surface area contributed by atoms with Gasteiger partial charge < -0.3 is 14.4 Å². The summed E-state index contributed by atoms with van der Waals surface area (Å²) in [4.78, 5) is 14.4. The third-order valence-corrected chi connectivity index (χ3v) is 9.17. The normalized spacial score (nSPS) is 18.5. The number of hydroxylamine groups is 1. The summed E-state index contributed by atoms with van der Waals surface area (Å²) in [7, 11) is -4.05. The number of piperazine rings is 1. The SMILES string of the molecule is Cl.O=C(NO)C1(S(=O)(=O)N2CCN(c3ccc(-c4ccc(OC(F)(F)F)cc4)cc3)CC2)CCOCC1. The molecule has 0 unspecified atom stereocenters. The number of anilines is 1. The van der Waals surface area contributed by atoms with Crippen LogP contribution in [0.15, 0.2) is 48.5 Å². The van der Waals surface area contributed by atoms with Crippen molar-refractivity contribution in [2.24, 2.45) is 0 Å². The zero-order chi connectivity index (χ0) is 26.0. The fourth-order valence-corrected chi connectivity index (χ4v) is 6.65. The van der Waals surface area contributed by atoms with Crippen LogP contribution in [0.3, 0.4) is 0 Å². The van der Waals surface area contributed by atoms with E-state index in [9.17, 15) is 31.6 Å². The first-order valence-corrected chi connectivity index (χ1v) is 12.7. The molecule has 2 saturated heterocycles. The molecule has 0 bridgehead atoms. The molecule has 0 spiro atoms. The molecule has 37 heavy (non-hydrogen) atoms.